The number of ether oxygens (including phenoxy) is 4. The molecule has 3 aromatic rings. The molecule has 2 aliphatic rings. The molecule has 1 aliphatic heterocycles. The third-order valence-electron chi connectivity index (χ3n) is 8.22. The molecule has 0 bridgehead atoms. The van der Waals surface area contributed by atoms with Crippen LogP contribution in [0.25, 0.3) is 10.1 Å². The Morgan fingerprint density at radius 2 is 1.45 bits per heavy atom. The number of methoxy groups -OCH3 is 2. The molecule has 12 heteroatoms. The molecule has 0 unspecified atom stereocenters. The average Bonchev–Trinajstić information content (AvgIpc) is 3.58. The first-order chi connectivity index (χ1) is 21.1. The van der Waals surface area contributed by atoms with Crippen LogP contribution in [0.2, 0.25) is 0 Å². The fourth-order valence-corrected chi connectivity index (χ4v) is 6.53. The first kappa shape index (κ1) is 31.1. The first-order valence-corrected chi connectivity index (χ1v) is 15.3. The van der Waals surface area contributed by atoms with Crippen LogP contribution in [0.1, 0.15) is 53.4 Å². The zero-order valence-electron chi connectivity index (χ0n) is 24.8. The van der Waals surface area contributed by atoms with Crippen molar-refractivity contribution in [3.8, 4) is 23.0 Å². The molecule has 11 nitrogen and oxygen atoms in total. The van der Waals surface area contributed by atoms with E-state index in [0.717, 1.165) is 21.2 Å². The number of hydrogen-bond acceptors (Lipinski definition) is 9. The second-order valence-electron chi connectivity index (χ2n) is 11.2. The number of amides is 1. The Labute approximate surface area is 258 Å². The van der Waals surface area contributed by atoms with Crippen LogP contribution < -0.4 is 18.9 Å². The van der Waals surface area contributed by atoms with E-state index in [1.54, 1.807) is 24.1 Å². The maximum Gasteiger partial charge on any atom is 0.307 e. The van der Waals surface area contributed by atoms with Crippen molar-refractivity contribution >= 4 is 45.1 Å². The topological polar surface area (TPSA) is 149 Å². The number of Topliss-reactive ketones (excluding diaryl/α,β-unsaturated/α-hetero) is 1. The normalized spacial score (nSPS) is 17.8. The van der Waals surface area contributed by atoms with Gasteiger partial charge in [-0.2, -0.15) is 0 Å². The van der Waals surface area contributed by atoms with Gasteiger partial charge < -0.3 is 34.1 Å². The molecule has 1 aliphatic carbocycles. The molecule has 2 aromatic carbocycles. The average molecular weight is 626 g/mol. The van der Waals surface area contributed by atoms with E-state index in [2.05, 4.69) is 0 Å². The van der Waals surface area contributed by atoms with Gasteiger partial charge in [0.15, 0.2) is 28.8 Å². The van der Waals surface area contributed by atoms with E-state index in [1.165, 1.54) is 25.4 Å². The molecule has 2 heterocycles. The van der Waals surface area contributed by atoms with E-state index in [0.29, 0.717) is 73.4 Å². The van der Waals surface area contributed by atoms with Crippen molar-refractivity contribution < 1.29 is 48.3 Å². The van der Waals surface area contributed by atoms with Gasteiger partial charge in [-0.25, -0.2) is 0 Å². The minimum Gasteiger partial charge on any atom is -0.493 e. The molecule has 3 atom stereocenters. The largest absolute Gasteiger partial charge is 0.493 e. The van der Waals surface area contributed by atoms with Gasteiger partial charge in [-0.15, -0.1) is 11.3 Å². The highest BCUT2D eigenvalue weighted by Gasteiger charge is 2.44. The Kier molecular flexibility index (Phi) is 9.28. The van der Waals surface area contributed by atoms with Crippen LogP contribution in [0.5, 0.6) is 23.0 Å². The van der Waals surface area contributed by atoms with E-state index in [4.69, 9.17) is 24.1 Å². The number of carbonyl (C=O) groups is 4. The van der Waals surface area contributed by atoms with E-state index in [1.807, 2.05) is 18.2 Å². The van der Waals surface area contributed by atoms with Crippen molar-refractivity contribution in [2.75, 3.05) is 27.4 Å². The summed E-state index contributed by atoms with van der Waals surface area (Å²) in [5, 5.41) is 19.3. The molecule has 0 saturated heterocycles. The molecule has 0 radical (unpaired) electrons. The minimum atomic E-state index is -1.00. The third kappa shape index (κ3) is 6.45. The molecular weight excluding hydrogens is 590 g/mol. The third-order valence-corrected chi connectivity index (χ3v) is 9.36. The molecule has 1 saturated carbocycles. The standard InChI is InChI=1S/C32H35NO10S/c1-17(31(36)37)9-23(34)29-13-18-10-26(25(41-3)14-28(18)44-29)42-7-4-8-43-27-12-20-16-33(15-19(20)11-24(27)40-2)30(35)21-5-6-22(21)32(38)39/h10-14,17,21-22H,4-9,15-16H2,1-3H3,(H,36,37)(H,38,39)/t17-,21+,22+/m0/s1. The van der Waals surface area contributed by atoms with Gasteiger partial charge in [0.25, 0.3) is 0 Å². The van der Waals surface area contributed by atoms with Gasteiger partial charge in [0.05, 0.1) is 50.1 Å². The van der Waals surface area contributed by atoms with Crippen LogP contribution in [0, 0.1) is 17.8 Å². The monoisotopic (exact) mass is 625 g/mol. The van der Waals surface area contributed by atoms with Crippen LogP contribution in [-0.4, -0.2) is 66.2 Å². The Hall–Kier alpha value is -4.32. The molecular formula is C32H35NO10S. The number of benzene rings is 2. The zero-order valence-corrected chi connectivity index (χ0v) is 25.6. The molecule has 44 heavy (non-hydrogen) atoms. The lowest BCUT2D eigenvalue weighted by Gasteiger charge is -2.34. The number of hydrogen-bond donors (Lipinski definition) is 2. The fourth-order valence-electron chi connectivity index (χ4n) is 5.51. The highest BCUT2D eigenvalue weighted by atomic mass is 32.1. The van der Waals surface area contributed by atoms with Gasteiger partial charge in [0.1, 0.15) is 0 Å². The second kappa shape index (κ2) is 13.1. The molecule has 1 amide bonds. The summed E-state index contributed by atoms with van der Waals surface area (Å²) in [6.07, 6.45) is 1.62. The highest BCUT2D eigenvalue weighted by Crippen LogP contribution is 2.40. The van der Waals surface area contributed by atoms with E-state index >= 15 is 0 Å². The predicted molar refractivity (Wildman–Crippen MR) is 161 cm³/mol. The molecule has 1 fully saturated rings. The Morgan fingerprint density at radius 3 is 2.02 bits per heavy atom. The highest BCUT2D eigenvalue weighted by molar-refractivity contribution is 7.20. The van der Waals surface area contributed by atoms with Crippen LogP contribution in [0.3, 0.4) is 0 Å². The van der Waals surface area contributed by atoms with E-state index < -0.39 is 29.7 Å². The van der Waals surface area contributed by atoms with Gasteiger partial charge in [-0.1, -0.05) is 6.92 Å². The van der Waals surface area contributed by atoms with Gasteiger partial charge in [0, 0.05) is 36.7 Å². The lowest BCUT2D eigenvalue weighted by atomic mass is 9.73. The summed E-state index contributed by atoms with van der Waals surface area (Å²) in [5.74, 6) is -1.93. The Balaban J connectivity index is 1.16. The number of rotatable bonds is 14. The van der Waals surface area contributed by atoms with Gasteiger partial charge in [-0.3, -0.25) is 19.2 Å². The van der Waals surface area contributed by atoms with Crippen LogP contribution >= 0.6 is 11.3 Å². The van der Waals surface area contributed by atoms with Crippen molar-refractivity contribution in [1.29, 1.82) is 0 Å². The summed E-state index contributed by atoms with van der Waals surface area (Å²) >= 11 is 1.29. The Morgan fingerprint density at radius 1 is 0.864 bits per heavy atom. The van der Waals surface area contributed by atoms with Gasteiger partial charge in [-0.05, 0) is 53.6 Å². The fraction of sp³-hybridized carbons (Fsp3) is 0.438. The zero-order chi connectivity index (χ0) is 31.5. The van der Waals surface area contributed by atoms with E-state index in [9.17, 15) is 24.3 Å². The minimum absolute atomic E-state index is 0.0677. The molecule has 234 valence electrons. The van der Waals surface area contributed by atoms with Crippen LogP contribution in [0.4, 0.5) is 0 Å². The summed E-state index contributed by atoms with van der Waals surface area (Å²) in [7, 11) is 3.09. The summed E-state index contributed by atoms with van der Waals surface area (Å²) in [5.41, 5.74) is 1.90. The smallest absolute Gasteiger partial charge is 0.307 e. The summed E-state index contributed by atoms with van der Waals surface area (Å²) in [4.78, 5) is 50.3. The molecule has 2 N–H and O–H groups in total. The summed E-state index contributed by atoms with van der Waals surface area (Å²) in [6.45, 7) is 2.99. The van der Waals surface area contributed by atoms with Crippen LogP contribution in [0.15, 0.2) is 30.3 Å². The molecule has 1 aromatic heterocycles. The lowest BCUT2D eigenvalue weighted by molar-refractivity contribution is -0.156. The van der Waals surface area contributed by atoms with Crippen LogP contribution in [-0.2, 0) is 27.5 Å². The summed E-state index contributed by atoms with van der Waals surface area (Å²) in [6, 6.07) is 9.10. The maximum absolute atomic E-state index is 13.0. The van der Waals surface area contributed by atoms with Crippen molar-refractivity contribution in [3.63, 3.8) is 0 Å². The van der Waals surface area contributed by atoms with Gasteiger partial charge >= 0.3 is 11.9 Å². The SMILES string of the molecule is COc1cc2c(cc1OCCCOc1cc3cc(C(=O)C[C@H](C)C(=O)O)sc3cc1OC)CN(C(=O)[C@@H]1CC[C@H]1C(=O)O)C2. The molecule has 0 spiro atoms. The summed E-state index contributed by atoms with van der Waals surface area (Å²) < 4.78 is 23.9. The lowest BCUT2D eigenvalue weighted by Crippen LogP contribution is -2.44. The van der Waals surface area contributed by atoms with Crippen molar-refractivity contribution in [3.05, 3.63) is 46.3 Å². The number of aliphatic carboxylic acids is 2. The number of thiophene rings is 1. The Bertz CT molecular complexity index is 1600. The van der Waals surface area contributed by atoms with E-state index in [-0.39, 0.29) is 18.1 Å². The number of carboxylic acid groups (broad SMARTS) is 2. The molecule has 5 rings (SSSR count). The number of carboxylic acids is 2. The number of ketones is 1. The maximum atomic E-state index is 13.0. The van der Waals surface area contributed by atoms with Crippen molar-refractivity contribution in [2.45, 2.75) is 45.7 Å². The second-order valence-corrected chi connectivity index (χ2v) is 12.2. The van der Waals surface area contributed by atoms with Crippen molar-refractivity contribution in [1.82, 2.24) is 4.90 Å². The number of carbonyl (C=O) groups excluding carboxylic acids is 2. The van der Waals surface area contributed by atoms with Crippen molar-refractivity contribution in [2.24, 2.45) is 17.8 Å². The predicted octanol–water partition coefficient (Wildman–Crippen LogP) is 5.01. The quantitative estimate of drug-likeness (QED) is 0.185. The number of nitrogens with zero attached hydrogens (tertiary/aromatic N) is 1. The van der Waals surface area contributed by atoms with Gasteiger partial charge in [0.2, 0.25) is 5.91 Å². The first-order valence-electron chi connectivity index (χ1n) is 14.4. The number of fused-ring (bicyclic) bond motifs is 2.